The minimum atomic E-state index is -0.167. The minimum absolute atomic E-state index is 0.00887. The predicted octanol–water partition coefficient (Wildman–Crippen LogP) is 2.29. The van der Waals surface area contributed by atoms with Gasteiger partial charge in [0, 0.05) is 24.2 Å². The standard InChI is InChI=1S/C18H18N4O2/c1-11-10-14(12-6-2-3-7-13(12)16(11)23)20-15-17(19)21-8-4-5-9-22(21)18(15)24/h2-3,6-7,10H,4-5,8-9,19H2,1H3. The Morgan fingerprint density at radius 1 is 1.04 bits per heavy atom. The van der Waals surface area contributed by atoms with Gasteiger partial charge in [-0.1, -0.05) is 24.3 Å². The zero-order chi connectivity index (χ0) is 16.8. The van der Waals surface area contributed by atoms with Gasteiger partial charge in [0.1, 0.15) is 0 Å². The topological polar surface area (TPSA) is 82.4 Å². The van der Waals surface area contributed by atoms with Crippen molar-refractivity contribution in [2.24, 2.45) is 4.99 Å². The molecule has 0 bridgehead atoms. The van der Waals surface area contributed by atoms with Gasteiger partial charge in [-0.05, 0) is 31.4 Å². The maximum absolute atomic E-state index is 12.6. The Labute approximate surface area is 138 Å². The number of allylic oxidation sites excluding steroid dienone is 2. The summed E-state index contributed by atoms with van der Waals surface area (Å²) in [5.41, 5.74) is 8.83. The van der Waals surface area contributed by atoms with Gasteiger partial charge in [0.15, 0.2) is 17.3 Å². The number of carbonyl (C=O) groups excluding carboxylic acids is 1. The number of nitrogen functional groups attached to an aromatic ring is 1. The average Bonchev–Trinajstić information content (AvgIpc) is 2.85. The van der Waals surface area contributed by atoms with Crippen molar-refractivity contribution in [2.45, 2.75) is 32.9 Å². The van der Waals surface area contributed by atoms with Crippen LogP contribution in [0.2, 0.25) is 0 Å². The summed E-state index contributed by atoms with van der Waals surface area (Å²) in [4.78, 5) is 29.5. The number of ketones is 1. The number of anilines is 1. The second-order valence-corrected chi connectivity index (χ2v) is 6.19. The van der Waals surface area contributed by atoms with E-state index >= 15 is 0 Å². The van der Waals surface area contributed by atoms with E-state index in [0.717, 1.165) is 24.9 Å². The molecule has 0 atom stereocenters. The van der Waals surface area contributed by atoms with E-state index in [9.17, 15) is 9.59 Å². The molecule has 6 heteroatoms. The lowest BCUT2D eigenvalue weighted by Crippen LogP contribution is -2.27. The Kier molecular flexibility index (Phi) is 3.26. The number of hydrogen-bond donors (Lipinski definition) is 1. The van der Waals surface area contributed by atoms with E-state index in [1.54, 1.807) is 23.7 Å². The fraction of sp³-hybridized carbons (Fsp3) is 0.278. The molecule has 0 saturated carbocycles. The molecule has 2 aromatic rings. The third-order valence-electron chi connectivity index (χ3n) is 4.63. The molecular weight excluding hydrogens is 304 g/mol. The summed E-state index contributed by atoms with van der Waals surface area (Å²) in [5, 5.41) is 0. The van der Waals surface area contributed by atoms with Gasteiger partial charge in [0.05, 0.1) is 5.71 Å². The van der Waals surface area contributed by atoms with E-state index in [1.807, 2.05) is 22.9 Å². The molecule has 1 aromatic carbocycles. The van der Waals surface area contributed by atoms with Crippen LogP contribution in [0.1, 0.15) is 35.7 Å². The van der Waals surface area contributed by atoms with Gasteiger partial charge in [-0.25, -0.2) is 9.67 Å². The van der Waals surface area contributed by atoms with E-state index in [1.165, 1.54) is 0 Å². The maximum atomic E-state index is 12.6. The van der Waals surface area contributed by atoms with E-state index in [-0.39, 0.29) is 17.0 Å². The van der Waals surface area contributed by atoms with Crippen LogP contribution in [0.5, 0.6) is 0 Å². The summed E-state index contributed by atoms with van der Waals surface area (Å²) < 4.78 is 3.47. The molecule has 2 N–H and O–H groups in total. The molecule has 0 spiro atoms. The molecule has 2 heterocycles. The lowest BCUT2D eigenvalue weighted by atomic mass is 9.90. The van der Waals surface area contributed by atoms with Crippen LogP contribution < -0.4 is 11.3 Å². The predicted molar refractivity (Wildman–Crippen MR) is 93.1 cm³/mol. The van der Waals surface area contributed by atoms with Gasteiger partial charge >= 0.3 is 0 Å². The molecule has 0 unspecified atom stereocenters. The molecule has 6 nitrogen and oxygen atoms in total. The quantitative estimate of drug-likeness (QED) is 0.874. The molecule has 1 aliphatic carbocycles. The average molecular weight is 322 g/mol. The van der Waals surface area contributed by atoms with Crippen LogP contribution in [-0.2, 0) is 13.1 Å². The van der Waals surface area contributed by atoms with Gasteiger partial charge in [-0.2, -0.15) is 0 Å². The van der Waals surface area contributed by atoms with E-state index < -0.39 is 0 Å². The lowest BCUT2D eigenvalue weighted by Gasteiger charge is -2.17. The van der Waals surface area contributed by atoms with Crippen molar-refractivity contribution in [2.75, 3.05) is 5.73 Å². The Morgan fingerprint density at radius 3 is 2.42 bits per heavy atom. The molecule has 2 aliphatic rings. The number of carbonyl (C=O) groups is 1. The van der Waals surface area contributed by atoms with Crippen LogP contribution in [-0.4, -0.2) is 20.9 Å². The molecule has 4 rings (SSSR count). The highest BCUT2D eigenvalue weighted by Gasteiger charge is 2.24. The summed E-state index contributed by atoms with van der Waals surface area (Å²) in [6.07, 6.45) is 3.70. The lowest BCUT2D eigenvalue weighted by molar-refractivity contribution is 0.103. The number of fused-ring (bicyclic) bond motifs is 2. The minimum Gasteiger partial charge on any atom is -0.382 e. The van der Waals surface area contributed by atoms with Crippen molar-refractivity contribution in [1.29, 1.82) is 0 Å². The summed E-state index contributed by atoms with van der Waals surface area (Å²) in [7, 11) is 0. The first-order chi connectivity index (χ1) is 11.6. The van der Waals surface area contributed by atoms with Gasteiger partial charge < -0.3 is 5.73 Å². The summed E-state index contributed by atoms with van der Waals surface area (Å²) in [6.45, 7) is 3.16. The monoisotopic (exact) mass is 322 g/mol. The van der Waals surface area contributed by atoms with Gasteiger partial charge in [0.2, 0.25) is 0 Å². The summed E-state index contributed by atoms with van der Waals surface area (Å²) in [6, 6.07) is 7.31. The summed E-state index contributed by atoms with van der Waals surface area (Å²) >= 11 is 0. The van der Waals surface area contributed by atoms with Crippen LogP contribution in [0.15, 0.2) is 45.7 Å². The van der Waals surface area contributed by atoms with Crippen LogP contribution in [0.3, 0.4) is 0 Å². The van der Waals surface area contributed by atoms with Crippen LogP contribution in [0, 0.1) is 0 Å². The zero-order valence-electron chi connectivity index (χ0n) is 13.5. The Hall–Kier alpha value is -2.89. The molecule has 0 fully saturated rings. The second-order valence-electron chi connectivity index (χ2n) is 6.19. The Balaban J connectivity index is 1.92. The molecule has 24 heavy (non-hydrogen) atoms. The van der Waals surface area contributed by atoms with E-state index in [2.05, 4.69) is 4.99 Å². The number of nitrogens with zero attached hydrogens (tertiary/aromatic N) is 3. The first-order valence-electron chi connectivity index (χ1n) is 8.08. The highest BCUT2D eigenvalue weighted by atomic mass is 16.1. The number of hydrogen-bond acceptors (Lipinski definition) is 4. The highest BCUT2D eigenvalue weighted by molar-refractivity contribution is 6.26. The molecular formula is C18H18N4O2. The van der Waals surface area contributed by atoms with Crippen LogP contribution in [0.25, 0.3) is 0 Å². The van der Waals surface area contributed by atoms with Crippen molar-refractivity contribution in [3.8, 4) is 0 Å². The number of nitrogens with two attached hydrogens (primary N) is 1. The third kappa shape index (κ3) is 2.06. The smallest absolute Gasteiger partial charge is 0.294 e. The number of aliphatic imine (C=N–C) groups is 1. The van der Waals surface area contributed by atoms with Crippen LogP contribution >= 0.6 is 0 Å². The van der Waals surface area contributed by atoms with Crippen molar-refractivity contribution in [1.82, 2.24) is 9.36 Å². The Bertz CT molecular complexity index is 975. The van der Waals surface area contributed by atoms with Crippen molar-refractivity contribution < 1.29 is 4.79 Å². The number of benzene rings is 1. The maximum Gasteiger partial charge on any atom is 0.294 e. The number of Topliss-reactive ketones (excluding diaryl/α,β-unsaturated/α-hetero) is 1. The number of rotatable bonds is 1. The third-order valence-corrected chi connectivity index (χ3v) is 4.63. The first-order valence-corrected chi connectivity index (χ1v) is 8.08. The molecule has 1 aromatic heterocycles. The largest absolute Gasteiger partial charge is 0.382 e. The molecule has 0 saturated heterocycles. The molecule has 0 radical (unpaired) electrons. The molecule has 122 valence electrons. The van der Waals surface area contributed by atoms with Crippen LogP contribution in [0.4, 0.5) is 11.5 Å². The second kappa shape index (κ2) is 5.33. The van der Waals surface area contributed by atoms with Gasteiger partial charge in [-0.15, -0.1) is 0 Å². The fourth-order valence-corrected chi connectivity index (χ4v) is 3.36. The van der Waals surface area contributed by atoms with E-state index in [4.69, 9.17) is 5.73 Å². The van der Waals surface area contributed by atoms with E-state index in [0.29, 0.717) is 29.2 Å². The molecule has 0 amide bonds. The highest BCUT2D eigenvalue weighted by Crippen LogP contribution is 2.26. The number of aromatic nitrogens is 2. The van der Waals surface area contributed by atoms with Crippen molar-refractivity contribution in [3.63, 3.8) is 0 Å². The first kappa shape index (κ1) is 14.7. The summed E-state index contributed by atoms with van der Waals surface area (Å²) in [5.74, 6) is 0.387. The van der Waals surface area contributed by atoms with Gasteiger partial charge in [-0.3, -0.25) is 14.3 Å². The van der Waals surface area contributed by atoms with Crippen molar-refractivity contribution >= 4 is 23.0 Å². The van der Waals surface area contributed by atoms with Gasteiger partial charge in [0.25, 0.3) is 5.56 Å². The van der Waals surface area contributed by atoms with Crippen molar-refractivity contribution in [3.05, 3.63) is 57.4 Å². The normalized spacial score (nSPS) is 18.3. The Morgan fingerprint density at radius 2 is 1.71 bits per heavy atom. The SMILES string of the molecule is CC1=CC(=Nc2c(N)n3n(c2=O)CCCC3)c2ccccc2C1=O. The molecule has 1 aliphatic heterocycles. The zero-order valence-corrected chi connectivity index (χ0v) is 13.5. The fourth-order valence-electron chi connectivity index (χ4n) is 3.36.